The predicted octanol–water partition coefficient (Wildman–Crippen LogP) is 6.78. The Hall–Kier alpha value is -3.62. The molecule has 2 N–H and O–H groups in total. The highest BCUT2D eigenvalue weighted by molar-refractivity contribution is 7.92. The normalized spacial score (nSPS) is 11.4. The average Bonchev–Trinajstić information content (AvgIpc) is 2.87. The van der Waals surface area contributed by atoms with Crippen molar-refractivity contribution in [1.82, 2.24) is 9.97 Å². The van der Waals surface area contributed by atoms with Crippen molar-refractivity contribution in [3.63, 3.8) is 0 Å². The van der Waals surface area contributed by atoms with Crippen LogP contribution in [0.5, 0.6) is 5.75 Å². The minimum atomic E-state index is -3.52. The highest BCUT2D eigenvalue weighted by atomic mass is 35.5. The van der Waals surface area contributed by atoms with Crippen LogP contribution < -0.4 is 15.4 Å². The first-order valence-electron chi connectivity index (χ1n) is 11.3. The van der Waals surface area contributed by atoms with E-state index in [1.807, 2.05) is 49.4 Å². The number of methoxy groups -OCH3 is 1. The Kier molecular flexibility index (Phi) is 7.47. The Balaban J connectivity index is 1.67. The van der Waals surface area contributed by atoms with Gasteiger partial charge in [0.05, 0.1) is 34.8 Å². The van der Waals surface area contributed by atoms with E-state index in [-0.39, 0.29) is 21.7 Å². The fourth-order valence-corrected chi connectivity index (χ4v) is 5.06. The van der Waals surface area contributed by atoms with Gasteiger partial charge in [-0.25, -0.2) is 13.4 Å². The molecule has 7 nitrogen and oxygen atoms in total. The fourth-order valence-electron chi connectivity index (χ4n) is 3.72. The van der Waals surface area contributed by atoms with Crippen LogP contribution in [0.4, 0.5) is 23.1 Å². The summed E-state index contributed by atoms with van der Waals surface area (Å²) >= 11 is 6.36. The molecule has 0 saturated heterocycles. The molecule has 3 aromatic carbocycles. The van der Waals surface area contributed by atoms with E-state index in [1.165, 1.54) is 6.20 Å². The molecule has 0 unspecified atom stereocenters. The van der Waals surface area contributed by atoms with Gasteiger partial charge in [-0.05, 0) is 61.7 Å². The van der Waals surface area contributed by atoms with Crippen LogP contribution >= 0.6 is 11.6 Å². The molecule has 4 rings (SSSR count). The van der Waals surface area contributed by atoms with Gasteiger partial charge in [0.1, 0.15) is 10.8 Å². The summed E-state index contributed by atoms with van der Waals surface area (Å²) in [4.78, 5) is 8.97. The van der Waals surface area contributed by atoms with Gasteiger partial charge in [0, 0.05) is 0 Å². The molecule has 0 bridgehead atoms. The SMILES string of the molecule is COc1cc(-c2ccccc2)c(C)cc1Nc1ncc(Cl)c(Nc2ccccc2S(=O)(=O)C(C)C)n1. The van der Waals surface area contributed by atoms with E-state index in [0.29, 0.717) is 17.1 Å². The van der Waals surface area contributed by atoms with Gasteiger partial charge in [-0.3, -0.25) is 0 Å². The summed E-state index contributed by atoms with van der Waals surface area (Å²) in [6.07, 6.45) is 1.45. The summed E-state index contributed by atoms with van der Waals surface area (Å²) in [5.74, 6) is 1.18. The summed E-state index contributed by atoms with van der Waals surface area (Å²) in [6.45, 7) is 5.31. The lowest BCUT2D eigenvalue weighted by Gasteiger charge is -2.17. The number of benzene rings is 3. The number of para-hydroxylation sites is 1. The second-order valence-electron chi connectivity index (χ2n) is 8.46. The molecule has 9 heteroatoms. The maximum atomic E-state index is 12.8. The number of rotatable bonds is 8. The second-order valence-corrected chi connectivity index (χ2v) is 11.3. The van der Waals surface area contributed by atoms with E-state index in [9.17, 15) is 8.42 Å². The van der Waals surface area contributed by atoms with Gasteiger partial charge in [0.15, 0.2) is 15.7 Å². The van der Waals surface area contributed by atoms with Crippen LogP contribution in [0.2, 0.25) is 5.02 Å². The summed E-state index contributed by atoms with van der Waals surface area (Å²) in [6, 6.07) is 20.7. The maximum absolute atomic E-state index is 12.8. The third kappa shape index (κ3) is 5.29. The Morgan fingerprint density at radius 1 is 0.944 bits per heavy atom. The van der Waals surface area contributed by atoms with Crippen LogP contribution in [0.3, 0.4) is 0 Å². The van der Waals surface area contributed by atoms with E-state index < -0.39 is 15.1 Å². The van der Waals surface area contributed by atoms with Gasteiger partial charge in [-0.15, -0.1) is 0 Å². The van der Waals surface area contributed by atoms with Crippen LogP contribution in [-0.2, 0) is 9.84 Å². The first-order chi connectivity index (χ1) is 17.2. The Bertz CT molecular complexity index is 1490. The third-order valence-corrected chi connectivity index (χ3v) is 8.18. The van der Waals surface area contributed by atoms with Crippen molar-refractivity contribution in [3.05, 3.63) is 83.5 Å². The molecule has 0 amide bonds. The fraction of sp³-hybridized carbons (Fsp3) is 0.185. The summed E-state index contributed by atoms with van der Waals surface area (Å²) in [5, 5.41) is 5.93. The summed E-state index contributed by atoms with van der Waals surface area (Å²) < 4.78 is 31.3. The summed E-state index contributed by atoms with van der Waals surface area (Å²) in [7, 11) is -1.92. The van der Waals surface area contributed by atoms with Crippen molar-refractivity contribution in [3.8, 4) is 16.9 Å². The lowest BCUT2D eigenvalue weighted by Crippen LogP contribution is -2.15. The lowest BCUT2D eigenvalue weighted by atomic mass is 9.99. The molecule has 0 fully saturated rings. The first kappa shape index (κ1) is 25.5. The minimum Gasteiger partial charge on any atom is -0.495 e. The standard InChI is InChI=1S/C27H27ClN4O3S/c1-17(2)36(33,34)25-13-9-8-12-22(25)30-26-21(28)16-29-27(32-26)31-23-14-18(3)20(15-24(23)35-4)19-10-6-5-7-11-19/h5-17H,1-4H3,(H2,29,30,31,32). The van der Waals surface area contributed by atoms with Gasteiger partial charge in [0.2, 0.25) is 5.95 Å². The molecule has 4 aromatic rings. The van der Waals surface area contributed by atoms with Crippen molar-refractivity contribution in [1.29, 1.82) is 0 Å². The van der Waals surface area contributed by atoms with Crippen LogP contribution in [0.15, 0.2) is 77.8 Å². The number of nitrogens with one attached hydrogen (secondary N) is 2. The molecule has 1 heterocycles. The molecule has 0 atom stereocenters. The molecule has 0 spiro atoms. The van der Waals surface area contributed by atoms with Gasteiger partial charge in [0.25, 0.3) is 0 Å². The predicted molar refractivity (Wildman–Crippen MR) is 146 cm³/mol. The molecule has 0 saturated carbocycles. The molecular formula is C27H27ClN4O3S. The van der Waals surface area contributed by atoms with Crippen LogP contribution in [0.1, 0.15) is 19.4 Å². The zero-order valence-corrected chi connectivity index (χ0v) is 22.0. The topological polar surface area (TPSA) is 93.2 Å². The van der Waals surface area contributed by atoms with Crippen LogP contribution in [-0.4, -0.2) is 30.7 Å². The number of sulfone groups is 1. The number of anilines is 4. The average molecular weight is 523 g/mol. The van der Waals surface area contributed by atoms with Gasteiger partial charge in [-0.2, -0.15) is 4.98 Å². The Morgan fingerprint density at radius 3 is 2.33 bits per heavy atom. The zero-order valence-electron chi connectivity index (χ0n) is 20.4. The molecule has 1 aromatic heterocycles. The number of hydrogen-bond donors (Lipinski definition) is 2. The van der Waals surface area contributed by atoms with Crippen LogP contribution in [0.25, 0.3) is 11.1 Å². The van der Waals surface area contributed by atoms with Crippen molar-refractivity contribution < 1.29 is 13.2 Å². The number of hydrogen-bond acceptors (Lipinski definition) is 7. The Morgan fingerprint density at radius 2 is 1.64 bits per heavy atom. The molecule has 36 heavy (non-hydrogen) atoms. The smallest absolute Gasteiger partial charge is 0.229 e. The van der Waals surface area contributed by atoms with Crippen molar-refractivity contribution in [2.45, 2.75) is 30.9 Å². The van der Waals surface area contributed by atoms with Gasteiger partial charge < -0.3 is 15.4 Å². The van der Waals surface area contributed by atoms with Crippen molar-refractivity contribution in [2.24, 2.45) is 0 Å². The van der Waals surface area contributed by atoms with E-state index in [1.54, 1.807) is 45.2 Å². The number of halogens is 1. The number of aryl methyl sites for hydroxylation is 1. The summed E-state index contributed by atoms with van der Waals surface area (Å²) in [5.41, 5.74) is 4.26. The van der Waals surface area contributed by atoms with Gasteiger partial charge in [-0.1, -0.05) is 54.1 Å². The largest absolute Gasteiger partial charge is 0.495 e. The first-order valence-corrected chi connectivity index (χ1v) is 13.3. The van der Waals surface area contributed by atoms with E-state index in [2.05, 4.69) is 20.6 Å². The molecular weight excluding hydrogens is 496 g/mol. The Labute approximate surface area is 216 Å². The quantitative estimate of drug-likeness (QED) is 0.263. The molecule has 0 aliphatic carbocycles. The highest BCUT2D eigenvalue weighted by Gasteiger charge is 2.23. The third-order valence-electron chi connectivity index (χ3n) is 5.69. The van der Waals surface area contributed by atoms with E-state index in [4.69, 9.17) is 16.3 Å². The molecule has 0 radical (unpaired) electrons. The monoisotopic (exact) mass is 522 g/mol. The van der Waals surface area contributed by atoms with E-state index in [0.717, 1.165) is 16.7 Å². The zero-order chi connectivity index (χ0) is 25.9. The van der Waals surface area contributed by atoms with E-state index >= 15 is 0 Å². The van der Waals surface area contributed by atoms with Crippen molar-refractivity contribution >= 4 is 44.6 Å². The second kappa shape index (κ2) is 10.6. The lowest BCUT2D eigenvalue weighted by molar-refractivity contribution is 0.417. The maximum Gasteiger partial charge on any atom is 0.229 e. The number of nitrogens with zero attached hydrogens (tertiary/aromatic N) is 2. The minimum absolute atomic E-state index is 0.179. The highest BCUT2D eigenvalue weighted by Crippen LogP contribution is 2.36. The molecule has 186 valence electrons. The number of aromatic nitrogens is 2. The van der Waals surface area contributed by atoms with Crippen molar-refractivity contribution in [2.75, 3.05) is 17.7 Å². The molecule has 0 aliphatic heterocycles. The van der Waals surface area contributed by atoms with Crippen LogP contribution in [0, 0.1) is 6.92 Å². The van der Waals surface area contributed by atoms with Gasteiger partial charge >= 0.3 is 0 Å². The molecule has 0 aliphatic rings. The number of ether oxygens (including phenoxy) is 1.